The Kier molecular flexibility index (Phi) is 5.56. The predicted octanol–water partition coefficient (Wildman–Crippen LogP) is 2.87. The number of nitrogens with two attached hydrogens (primary N) is 1. The van der Waals surface area contributed by atoms with E-state index in [-0.39, 0.29) is 23.6 Å². The molecular formula is C21H28N2O4. The molecule has 1 unspecified atom stereocenters. The Hall–Kier alpha value is -2.34. The summed E-state index contributed by atoms with van der Waals surface area (Å²) in [4.78, 5) is 24.6. The fourth-order valence-corrected chi connectivity index (χ4v) is 3.61. The first-order chi connectivity index (χ1) is 12.8. The maximum absolute atomic E-state index is 12.6. The van der Waals surface area contributed by atoms with Crippen molar-refractivity contribution < 1.29 is 13.9 Å². The van der Waals surface area contributed by atoms with Crippen molar-refractivity contribution in [3.8, 4) is 5.75 Å². The van der Waals surface area contributed by atoms with Crippen LogP contribution in [-0.4, -0.2) is 24.1 Å². The minimum atomic E-state index is -0.655. The van der Waals surface area contributed by atoms with E-state index in [2.05, 4.69) is 5.32 Å². The molecular weight excluding hydrogens is 344 g/mol. The second-order valence-electron chi connectivity index (χ2n) is 7.66. The Morgan fingerprint density at radius 1 is 1.19 bits per heavy atom. The van der Waals surface area contributed by atoms with Gasteiger partial charge in [0.1, 0.15) is 11.3 Å². The normalized spacial score (nSPS) is 21.1. The first kappa shape index (κ1) is 19.4. The van der Waals surface area contributed by atoms with Gasteiger partial charge in [-0.2, -0.15) is 0 Å². The van der Waals surface area contributed by atoms with Gasteiger partial charge >= 0.3 is 5.63 Å². The molecule has 1 heterocycles. The summed E-state index contributed by atoms with van der Waals surface area (Å²) in [5, 5.41) is 3.80. The van der Waals surface area contributed by atoms with Crippen molar-refractivity contribution >= 4 is 16.9 Å². The second-order valence-corrected chi connectivity index (χ2v) is 7.66. The van der Waals surface area contributed by atoms with Crippen LogP contribution < -0.4 is 21.4 Å². The molecule has 0 bridgehead atoms. The number of carbonyl (C=O) groups excluding carboxylic acids is 1. The maximum atomic E-state index is 12.6. The number of hydrogen-bond acceptors (Lipinski definition) is 5. The molecule has 1 atom stereocenters. The number of amides is 1. The van der Waals surface area contributed by atoms with Crippen molar-refractivity contribution in [1.82, 2.24) is 5.32 Å². The third-order valence-corrected chi connectivity index (χ3v) is 5.45. The van der Waals surface area contributed by atoms with Gasteiger partial charge in [0.25, 0.3) is 5.91 Å². The Labute approximate surface area is 159 Å². The zero-order chi connectivity index (χ0) is 19.7. The van der Waals surface area contributed by atoms with E-state index in [0.29, 0.717) is 16.9 Å². The number of benzene rings is 1. The van der Waals surface area contributed by atoms with Gasteiger partial charge in [-0.15, -0.1) is 0 Å². The molecule has 0 aliphatic heterocycles. The van der Waals surface area contributed by atoms with Crippen LogP contribution in [0.4, 0.5) is 0 Å². The summed E-state index contributed by atoms with van der Waals surface area (Å²) in [6.45, 7) is 7.23. The molecule has 6 heteroatoms. The Morgan fingerprint density at radius 2 is 1.85 bits per heavy atom. The molecule has 0 radical (unpaired) electrons. The van der Waals surface area contributed by atoms with Crippen molar-refractivity contribution in [1.29, 1.82) is 0 Å². The molecule has 3 rings (SSSR count). The van der Waals surface area contributed by atoms with Crippen LogP contribution in [0, 0.1) is 20.8 Å². The van der Waals surface area contributed by atoms with E-state index in [1.807, 2.05) is 26.0 Å². The van der Waals surface area contributed by atoms with Gasteiger partial charge in [-0.3, -0.25) is 4.79 Å². The monoisotopic (exact) mass is 372 g/mol. The van der Waals surface area contributed by atoms with Gasteiger partial charge in [0.15, 0.2) is 6.10 Å². The summed E-state index contributed by atoms with van der Waals surface area (Å²) in [6, 6.07) is 4.08. The molecule has 1 aliphatic carbocycles. The SMILES string of the molecule is Cc1cc(OC(C)C(=O)NC2CCC(N)CC2)c2c(C)c(C)c(=O)oc2c1. The van der Waals surface area contributed by atoms with Gasteiger partial charge in [0.05, 0.1) is 5.39 Å². The van der Waals surface area contributed by atoms with Crippen LogP contribution in [0.15, 0.2) is 21.3 Å². The molecule has 6 nitrogen and oxygen atoms in total. The lowest BCUT2D eigenvalue weighted by Crippen LogP contribution is -2.45. The van der Waals surface area contributed by atoms with Gasteiger partial charge < -0.3 is 20.2 Å². The molecule has 1 fully saturated rings. The van der Waals surface area contributed by atoms with Crippen molar-refractivity contribution in [2.24, 2.45) is 5.73 Å². The first-order valence-corrected chi connectivity index (χ1v) is 9.53. The third-order valence-electron chi connectivity index (χ3n) is 5.45. The predicted molar refractivity (Wildman–Crippen MR) is 105 cm³/mol. The number of rotatable bonds is 4. The van der Waals surface area contributed by atoms with Gasteiger partial charge in [-0.05, 0) is 76.6 Å². The fourth-order valence-electron chi connectivity index (χ4n) is 3.61. The fraction of sp³-hybridized carbons (Fsp3) is 0.524. The Balaban J connectivity index is 1.82. The van der Waals surface area contributed by atoms with E-state index in [4.69, 9.17) is 14.9 Å². The van der Waals surface area contributed by atoms with Crippen molar-refractivity contribution in [3.63, 3.8) is 0 Å². The number of aryl methyl sites for hydroxylation is 2. The molecule has 0 spiro atoms. The quantitative estimate of drug-likeness (QED) is 0.805. The molecule has 2 aromatic rings. The molecule has 1 aliphatic rings. The highest BCUT2D eigenvalue weighted by molar-refractivity contribution is 5.89. The first-order valence-electron chi connectivity index (χ1n) is 9.53. The molecule has 1 aromatic carbocycles. The summed E-state index contributed by atoms with van der Waals surface area (Å²) < 4.78 is 11.4. The average molecular weight is 372 g/mol. The van der Waals surface area contributed by atoms with Gasteiger partial charge in [-0.25, -0.2) is 4.79 Å². The Morgan fingerprint density at radius 3 is 2.52 bits per heavy atom. The van der Waals surface area contributed by atoms with E-state index in [1.165, 1.54) is 0 Å². The van der Waals surface area contributed by atoms with Gasteiger partial charge in [-0.1, -0.05) is 0 Å². The van der Waals surface area contributed by atoms with E-state index in [1.54, 1.807) is 13.8 Å². The van der Waals surface area contributed by atoms with Gasteiger partial charge in [0.2, 0.25) is 0 Å². The average Bonchev–Trinajstić information content (AvgIpc) is 2.61. The lowest BCUT2D eigenvalue weighted by molar-refractivity contribution is -0.128. The zero-order valence-electron chi connectivity index (χ0n) is 16.4. The van der Waals surface area contributed by atoms with Crippen molar-refractivity contribution in [3.05, 3.63) is 39.2 Å². The highest BCUT2D eigenvalue weighted by Crippen LogP contribution is 2.31. The highest BCUT2D eigenvalue weighted by atomic mass is 16.5. The summed E-state index contributed by atoms with van der Waals surface area (Å²) in [5.41, 5.74) is 8.31. The third kappa shape index (κ3) is 4.16. The number of hydrogen-bond donors (Lipinski definition) is 2. The summed E-state index contributed by atoms with van der Waals surface area (Å²) in [6.07, 6.45) is 3.00. The van der Waals surface area contributed by atoms with Crippen molar-refractivity contribution in [2.75, 3.05) is 0 Å². The van der Waals surface area contributed by atoms with E-state index in [9.17, 15) is 9.59 Å². The van der Waals surface area contributed by atoms with E-state index in [0.717, 1.165) is 42.2 Å². The van der Waals surface area contributed by atoms with Crippen molar-refractivity contribution in [2.45, 2.75) is 71.6 Å². The minimum Gasteiger partial charge on any atom is -0.480 e. The number of ether oxygens (including phenoxy) is 1. The maximum Gasteiger partial charge on any atom is 0.339 e. The van der Waals surface area contributed by atoms with Crippen LogP contribution in [-0.2, 0) is 4.79 Å². The second kappa shape index (κ2) is 7.72. The lowest BCUT2D eigenvalue weighted by atomic mass is 9.92. The van der Waals surface area contributed by atoms with E-state index >= 15 is 0 Å². The van der Waals surface area contributed by atoms with Crippen LogP contribution in [0.25, 0.3) is 11.0 Å². The smallest absolute Gasteiger partial charge is 0.339 e. The number of fused-ring (bicyclic) bond motifs is 1. The van der Waals surface area contributed by atoms with Crippen LogP contribution in [0.1, 0.15) is 49.3 Å². The summed E-state index contributed by atoms with van der Waals surface area (Å²) in [7, 11) is 0. The van der Waals surface area contributed by atoms with Crippen LogP contribution in [0.2, 0.25) is 0 Å². The molecule has 1 aromatic heterocycles. The summed E-state index contributed by atoms with van der Waals surface area (Å²) in [5.74, 6) is 0.416. The lowest BCUT2D eigenvalue weighted by Gasteiger charge is -2.28. The molecule has 1 amide bonds. The Bertz CT molecular complexity index is 911. The standard InChI is InChI=1S/C21H28N2O4/c1-11-9-17(19-12(2)13(3)21(25)27-18(19)10-11)26-14(4)20(24)23-16-7-5-15(22)6-8-16/h9-10,14-16H,5-8,22H2,1-4H3,(H,23,24). The topological polar surface area (TPSA) is 94.6 Å². The van der Waals surface area contributed by atoms with Gasteiger partial charge in [0, 0.05) is 17.6 Å². The largest absolute Gasteiger partial charge is 0.480 e. The minimum absolute atomic E-state index is 0.142. The molecule has 27 heavy (non-hydrogen) atoms. The highest BCUT2D eigenvalue weighted by Gasteiger charge is 2.24. The van der Waals surface area contributed by atoms with E-state index < -0.39 is 6.10 Å². The van der Waals surface area contributed by atoms with Crippen LogP contribution in [0.3, 0.4) is 0 Å². The molecule has 1 saturated carbocycles. The molecule has 146 valence electrons. The zero-order valence-corrected chi connectivity index (χ0v) is 16.4. The number of carbonyl (C=O) groups is 1. The number of nitrogens with one attached hydrogen (secondary N) is 1. The summed E-state index contributed by atoms with van der Waals surface area (Å²) >= 11 is 0. The molecule has 3 N–H and O–H groups in total. The van der Waals surface area contributed by atoms with Crippen LogP contribution in [0.5, 0.6) is 5.75 Å². The molecule has 0 saturated heterocycles. The van der Waals surface area contributed by atoms with Crippen LogP contribution >= 0.6 is 0 Å².